The minimum Gasteiger partial charge on any atom is -0.385 e. The summed E-state index contributed by atoms with van der Waals surface area (Å²) in [7, 11) is 1.63. The summed E-state index contributed by atoms with van der Waals surface area (Å²) in [6.45, 7) is 2.67. The molecule has 0 saturated carbocycles. The minimum atomic E-state index is -0.594. The van der Waals surface area contributed by atoms with E-state index in [9.17, 15) is 19.7 Å². The van der Waals surface area contributed by atoms with Crippen molar-refractivity contribution in [2.24, 2.45) is 5.92 Å². The number of nitrogens with one attached hydrogen (secondary N) is 2. The van der Waals surface area contributed by atoms with Gasteiger partial charge in [0.15, 0.2) is 0 Å². The summed E-state index contributed by atoms with van der Waals surface area (Å²) >= 11 is 5.77. The zero-order chi connectivity index (χ0) is 20.5. The number of nitrogens with zero attached hydrogens (tertiary/aromatic N) is 2. The van der Waals surface area contributed by atoms with Crippen molar-refractivity contribution in [1.82, 2.24) is 10.2 Å². The fourth-order valence-electron chi connectivity index (χ4n) is 3.06. The third-order valence-corrected chi connectivity index (χ3v) is 4.90. The normalized spacial score (nSPS) is 15.2. The molecule has 1 saturated heterocycles. The number of piperidine rings is 1. The summed E-state index contributed by atoms with van der Waals surface area (Å²) in [5.41, 5.74) is 0.0724. The van der Waals surface area contributed by atoms with Crippen LogP contribution in [0.4, 0.5) is 11.4 Å². The number of hydrogen-bond donors (Lipinski definition) is 2. The van der Waals surface area contributed by atoms with Crippen molar-refractivity contribution in [3.63, 3.8) is 0 Å². The highest BCUT2D eigenvalue weighted by Crippen LogP contribution is 2.27. The Kier molecular flexibility index (Phi) is 8.62. The molecule has 9 nitrogen and oxygen atoms in total. The molecule has 0 atom stereocenters. The SMILES string of the molecule is COCCCNC(=O)C1CCN(CC(=O)Nc2ccc(Cl)c([N+](=O)[O-])c2)CC1. The maximum absolute atomic E-state index is 12.2. The molecule has 2 amide bonds. The first-order valence-corrected chi connectivity index (χ1v) is 9.51. The molecule has 0 aliphatic carbocycles. The van der Waals surface area contributed by atoms with Crippen LogP contribution < -0.4 is 10.6 Å². The molecule has 1 heterocycles. The van der Waals surface area contributed by atoms with Crippen LogP contribution in [0.15, 0.2) is 18.2 Å². The molecule has 1 aromatic carbocycles. The number of nitro benzene ring substituents is 1. The molecule has 1 fully saturated rings. The first-order valence-electron chi connectivity index (χ1n) is 9.13. The average molecular weight is 413 g/mol. The van der Waals surface area contributed by atoms with E-state index in [-0.39, 0.29) is 35.0 Å². The lowest BCUT2D eigenvalue weighted by atomic mass is 9.96. The second-order valence-corrected chi connectivity index (χ2v) is 7.07. The maximum atomic E-state index is 12.2. The van der Waals surface area contributed by atoms with E-state index in [2.05, 4.69) is 10.6 Å². The quantitative estimate of drug-likeness (QED) is 0.364. The zero-order valence-electron chi connectivity index (χ0n) is 15.8. The van der Waals surface area contributed by atoms with Crippen molar-refractivity contribution >= 4 is 34.8 Å². The Morgan fingerprint density at radius 1 is 1.36 bits per heavy atom. The van der Waals surface area contributed by atoms with E-state index in [1.807, 2.05) is 4.90 Å². The molecule has 2 N–H and O–H groups in total. The number of carbonyl (C=O) groups excluding carboxylic acids is 2. The van der Waals surface area contributed by atoms with Crippen LogP contribution in [0.1, 0.15) is 19.3 Å². The molecule has 0 aromatic heterocycles. The smallest absolute Gasteiger partial charge is 0.289 e. The van der Waals surface area contributed by atoms with Gasteiger partial charge in [0.05, 0.1) is 11.5 Å². The molecule has 1 aliphatic rings. The van der Waals surface area contributed by atoms with Gasteiger partial charge in [-0.1, -0.05) is 11.6 Å². The van der Waals surface area contributed by atoms with Crippen molar-refractivity contribution in [3.8, 4) is 0 Å². The van der Waals surface area contributed by atoms with Gasteiger partial charge < -0.3 is 15.4 Å². The number of carbonyl (C=O) groups is 2. The summed E-state index contributed by atoms with van der Waals surface area (Å²) in [6, 6.07) is 4.14. The number of rotatable bonds is 9. The maximum Gasteiger partial charge on any atom is 0.289 e. The summed E-state index contributed by atoms with van der Waals surface area (Å²) in [5.74, 6) is -0.256. The Balaban J connectivity index is 1.75. The number of nitro groups is 1. The van der Waals surface area contributed by atoms with E-state index in [1.165, 1.54) is 18.2 Å². The highest BCUT2D eigenvalue weighted by Gasteiger charge is 2.25. The van der Waals surface area contributed by atoms with Crippen LogP contribution in [0.25, 0.3) is 0 Å². The minimum absolute atomic E-state index is 0.0190. The molecular weight excluding hydrogens is 388 g/mol. The van der Waals surface area contributed by atoms with Crippen LogP contribution in [-0.4, -0.2) is 61.5 Å². The molecular formula is C18H25ClN4O5. The lowest BCUT2D eigenvalue weighted by Crippen LogP contribution is -2.43. The molecule has 2 rings (SSSR count). The Morgan fingerprint density at radius 3 is 2.71 bits per heavy atom. The van der Waals surface area contributed by atoms with Gasteiger partial charge in [-0.25, -0.2) is 0 Å². The summed E-state index contributed by atoms with van der Waals surface area (Å²) in [6.07, 6.45) is 2.16. The molecule has 1 aliphatic heterocycles. The van der Waals surface area contributed by atoms with E-state index in [1.54, 1.807) is 7.11 Å². The molecule has 0 spiro atoms. The van der Waals surface area contributed by atoms with Crippen molar-refractivity contribution in [2.75, 3.05) is 45.2 Å². The lowest BCUT2D eigenvalue weighted by molar-refractivity contribution is -0.384. The first kappa shape index (κ1) is 22.1. The topological polar surface area (TPSA) is 114 Å². The fraction of sp³-hybridized carbons (Fsp3) is 0.556. The average Bonchev–Trinajstić information content (AvgIpc) is 2.67. The van der Waals surface area contributed by atoms with Crippen molar-refractivity contribution in [2.45, 2.75) is 19.3 Å². The third kappa shape index (κ3) is 6.74. The van der Waals surface area contributed by atoms with Gasteiger partial charge in [-0.2, -0.15) is 0 Å². The van der Waals surface area contributed by atoms with Gasteiger partial charge in [0.2, 0.25) is 11.8 Å². The van der Waals surface area contributed by atoms with Gasteiger partial charge in [0.1, 0.15) is 5.02 Å². The molecule has 28 heavy (non-hydrogen) atoms. The fourth-order valence-corrected chi connectivity index (χ4v) is 3.25. The number of anilines is 1. The van der Waals surface area contributed by atoms with Crippen LogP contribution in [-0.2, 0) is 14.3 Å². The Hall–Kier alpha value is -2.23. The monoisotopic (exact) mass is 412 g/mol. The Morgan fingerprint density at radius 2 is 2.07 bits per heavy atom. The van der Waals surface area contributed by atoms with E-state index in [4.69, 9.17) is 16.3 Å². The molecule has 10 heteroatoms. The Labute approximate surface area is 168 Å². The first-order chi connectivity index (χ1) is 13.4. The molecule has 0 unspecified atom stereocenters. The number of amides is 2. The van der Waals surface area contributed by atoms with E-state index < -0.39 is 4.92 Å². The van der Waals surface area contributed by atoms with Gasteiger partial charge in [-0.05, 0) is 44.5 Å². The van der Waals surface area contributed by atoms with E-state index in [0.717, 1.165) is 6.42 Å². The van der Waals surface area contributed by atoms with Gasteiger partial charge in [0.25, 0.3) is 5.69 Å². The van der Waals surface area contributed by atoms with E-state index >= 15 is 0 Å². The van der Waals surface area contributed by atoms with Crippen molar-refractivity contribution < 1.29 is 19.2 Å². The van der Waals surface area contributed by atoms with Crippen LogP contribution in [0.3, 0.4) is 0 Å². The van der Waals surface area contributed by atoms with Gasteiger partial charge >= 0.3 is 0 Å². The largest absolute Gasteiger partial charge is 0.385 e. The third-order valence-electron chi connectivity index (χ3n) is 4.58. The second kappa shape index (κ2) is 10.9. The number of ether oxygens (including phenoxy) is 1. The second-order valence-electron chi connectivity index (χ2n) is 6.66. The summed E-state index contributed by atoms with van der Waals surface area (Å²) < 4.78 is 4.95. The highest BCUT2D eigenvalue weighted by atomic mass is 35.5. The number of hydrogen-bond acceptors (Lipinski definition) is 6. The summed E-state index contributed by atoms with van der Waals surface area (Å²) in [4.78, 5) is 36.6. The molecule has 1 aromatic rings. The van der Waals surface area contributed by atoms with Gasteiger partial charge in [0, 0.05) is 37.9 Å². The predicted molar refractivity (Wildman–Crippen MR) is 105 cm³/mol. The zero-order valence-corrected chi connectivity index (χ0v) is 16.5. The van der Waals surface area contributed by atoms with Crippen LogP contribution in [0, 0.1) is 16.0 Å². The Bertz CT molecular complexity index is 707. The van der Waals surface area contributed by atoms with Gasteiger partial charge in [-0.15, -0.1) is 0 Å². The number of methoxy groups -OCH3 is 1. The summed E-state index contributed by atoms with van der Waals surface area (Å²) in [5, 5.41) is 16.5. The number of halogens is 1. The lowest BCUT2D eigenvalue weighted by Gasteiger charge is -2.30. The van der Waals surface area contributed by atoms with E-state index in [0.29, 0.717) is 44.8 Å². The van der Waals surface area contributed by atoms with Gasteiger partial charge in [-0.3, -0.25) is 24.6 Å². The molecule has 0 radical (unpaired) electrons. The molecule has 154 valence electrons. The van der Waals surface area contributed by atoms with Crippen LogP contribution in [0.2, 0.25) is 5.02 Å². The highest BCUT2D eigenvalue weighted by molar-refractivity contribution is 6.32. The number of benzene rings is 1. The van der Waals surface area contributed by atoms with Crippen molar-refractivity contribution in [1.29, 1.82) is 0 Å². The standard InChI is InChI=1S/C18H25ClN4O5/c1-28-10-2-7-20-18(25)13-5-8-22(9-6-13)12-17(24)21-14-3-4-15(19)16(11-14)23(26)27/h3-4,11,13H,2,5-10,12H2,1H3,(H,20,25)(H,21,24). The number of likely N-dealkylation sites (tertiary alicyclic amines) is 1. The van der Waals surface area contributed by atoms with Crippen LogP contribution in [0.5, 0.6) is 0 Å². The molecule has 0 bridgehead atoms. The predicted octanol–water partition coefficient (Wildman–Crippen LogP) is 2.05. The van der Waals surface area contributed by atoms with Crippen LogP contribution >= 0.6 is 11.6 Å². The van der Waals surface area contributed by atoms with Crippen molar-refractivity contribution in [3.05, 3.63) is 33.3 Å².